The van der Waals surface area contributed by atoms with E-state index in [1.54, 1.807) is 6.07 Å². The minimum absolute atomic E-state index is 0.229. The van der Waals surface area contributed by atoms with Crippen molar-refractivity contribution in [1.29, 1.82) is 0 Å². The van der Waals surface area contributed by atoms with E-state index >= 15 is 0 Å². The third kappa shape index (κ3) is 1.54. The summed E-state index contributed by atoms with van der Waals surface area (Å²) in [6, 6.07) is 3.03. The highest BCUT2D eigenvalue weighted by atomic mass is 79.9. The molecule has 0 saturated carbocycles. The Morgan fingerprint density at radius 3 is 2.43 bits per heavy atom. The lowest BCUT2D eigenvalue weighted by molar-refractivity contribution is 0.564. The van der Waals surface area contributed by atoms with Gasteiger partial charge in [0.15, 0.2) is 11.1 Å². The Morgan fingerprint density at radius 2 is 1.86 bits per heavy atom. The molecule has 0 aliphatic heterocycles. The van der Waals surface area contributed by atoms with Crippen LogP contribution >= 0.6 is 15.9 Å². The van der Waals surface area contributed by atoms with Crippen molar-refractivity contribution in [2.24, 2.45) is 0 Å². The van der Waals surface area contributed by atoms with E-state index in [2.05, 4.69) is 25.9 Å². The van der Waals surface area contributed by atoms with Crippen molar-refractivity contribution in [3.8, 4) is 0 Å². The van der Waals surface area contributed by atoms with Crippen LogP contribution in [0.3, 0.4) is 0 Å². The van der Waals surface area contributed by atoms with E-state index in [0.717, 1.165) is 0 Å². The van der Waals surface area contributed by atoms with Crippen LogP contribution < -0.4 is 5.69 Å². The molecule has 0 radical (unpaired) electrons. The van der Waals surface area contributed by atoms with Gasteiger partial charge >= 0.3 is 5.69 Å². The maximum absolute atomic E-state index is 10.9. The van der Waals surface area contributed by atoms with Gasteiger partial charge in [-0.1, -0.05) is 0 Å². The third-order valence-corrected chi connectivity index (χ3v) is 3.39. The molecule has 0 aliphatic carbocycles. The molecule has 0 fully saturated rings. The largest absolute Gasteiger partial charge is 0.323 e. The van der Waals surface area contributed by atoms with Crippen molar-refractivity contribution in [1.82, 2.24) is 9.97 Å². The number of nitrogens with one attached hydrogen (secondary N) is 2. The molecule has 7 heteroatoms. The summed E-state index contributed by atoms with van der Waals surface area (Å²) >= 11 is 1.07. The van der Waals surface area contributed by atoms with E-state index < -0.39 is 11.1 Å². The molecule has 3 N–H and O–H groups in total. The number of benzene rings is 1. The Morgan fingerprint density at radius 1 is 1.29 bits per heavy atom. The number of halogens is 1. The predicted molar refractivity (Wildman–Crippen MR) is 55.7 cm³/mol. The molecule has 1 heterocycles. The van der Waals surface area contributed by atoms with E-state index in [4.69, 9.17) is 4.55 Å². The summed E-state index contributed by atoms with van der Waals surface area (Å²) in [6.45, 7) is 0. The van der Waals surface area contributed by atoms with Gasteiger partial charge < -0.3 is 14.5 Å². The molecule has 0 bridgehead atoms. The maximum Gasteiger partial charge on any atom is 0.323 e. The van der Waals surface area contributed by atoms with Gasteiger partial charge in [0.25, 0.3) is 0 Å². The average molecular weight is 277 g/mol. The first-order chi connectivity index (χ1) is 6.58. The summed E-state index contributed by atoms with van der Waals surface area (Å²) in [7, 11) is 0. The second-order valence-electron chi connectivity index (χ2n) is 2.66. The number of fused-ring (bicyclic) bond motifs is 1. The monoisotopic (exact) mass is 276 g/mol. The average Bonchev–Trinajstić information content (AvgIpc) is 2.42. The number of rotatable bonds is 1. The summed E-state index contributed by atoms with van der Waals surface area (Å²) in [6.07, 6.45) is 0. The summed E-state index contributed by atoms with van der Waals surface area (Å²) < 4.78 is 20.2. The van der Waals surface area contributed by atoms with Crippen molar-refractivity contribution in [3.05, 3.63) is 27.1 Å². The third-order valence-electron chi connectivity index (χ3n) is 1.76. The SMILES string of the molecule is O=c1[nH]c2cc(Br)c(S(=O)O)cc2[nH]1. The zero-order valence-corrected chi connectivity index (χ0v) is 9.11. The van der Waals surface area contributed by atoms with Crippen LogP contribution in [0.25, 0.3) is 11.0 Å². The van der Waals surface area contributed by atoms with Gasteiger partial charge in [-0.3, -0.25) is 0 Å². The minimum atomic E-state index is -2.07. The van der Waals surface area contributed by atoms with Gasteiger partial charge in [-0.2, -0.15) is 0 Å². The van der Waals surface area contributed by atoms with Crippen LogP contribution in [0.2, 0.25) is 0 Å². The lowest BCUT2D eigenvalue weighted by Gasteiger charge is -1.98. The van der Waals surface area contributed by atoms with Crippen LogP contribution in [0.4, 0.5) is 0 Å². The summed E-state index contributed by atoms with van der Waals surface area (Å²) in [5.74, 6) is 0. The van der Waals surface area contributed by atoms with Gasteiger partial charge in [0.2, 0.25) is 0 Å². The molecule has 5 nitrogen and oxygen atoms in total. The highest BCUT2D eigenvalue weighted by Gasteiger charge is 2.09. The van der Waals surface area contributed by atoms with Crippen molar-refractivity contribution >= 4 is 38.0 Å². The van der Waals surface area contributed by atoms with Gasteiger partial charge in [-0.15, -0.1) is 0 Å². The van der Waals surface area contributed by atoms with Crippen LogP contribution in [0.15, 0.2) is 26.3 Å². The molecule has 1 aromatic heterocycles. The van der Waals surface area contributed by atoms with Crippen molar-refractivity contribution < 1.29 is 8.76 Å². The highest BCUT2D eigenvalue weighted by Crippen LogP contribution is 2.23. The van der Waals surface area contributed by atoms with Crippen LogP contribution in [-0.4, -0.2) is 18.7 Å². The van der Waals surface area contributed by atoms with E-state index in [0.29, 0.717) is 15.5 Å². The van der Waals surface area contributed by atoms with Crippen molar-refractivity contribution in [2.45, 2.75) is 4.90 Å². The molecule has 1 atom stereocenters. The summed E-state index contributed by atoms with van der Waals surface area (Å²) in [5.41, 5.74) is 0.763. The van der Waals surface area contributed by atoms with Crippen LogP contribution in [-0.2, 0) is 11.1 Å². The topological polar surface area (TPSA) is 85.9 Å². The molecule has 1 unspecified atom stereocenters. The standard InChI is InChI=1S/C7H5BrN2O3S/c8-3-1-4-5(10-7(11)9-4)2-6(3)14(12)13/h1-2H,(H,12,13)(H2,9,10,11). The maximum atomic E-state index is 10.9. The Hall–Kier alpha value is -0.920. The van der Waals surface area contributed by atoms with Crippen LogP contribution in [0.5, 0.6) is 0 Å². The first-order valence-electron chi connectivity index (χ1n) is 3.60. The zero-order valence-electron chi connectivity index (χ0n) is 6.70. The highest BCUT2D eigenvalue weighted by molar-refractivity contribution is 9.10. The Kier molecular flexibility index (Phi) is 2.30. The molecule has 14 heavy (non-hydrogen) atoms. The van der Waals surface area contributed by atoms with Crippen molar-refractivity contribution in [3.63, 3.8) is 0 Å². The smallest absolute Gasteiger partial charge is 0.306 e. The fraction of sp³-hybridized carbons (Fsp3) is 0. The normalized spacial score (nSPS) is 13.3. The van der Waals surface area contributed by atoms with Crippen LogP contribution in [0.1, 0.15) is 0 Å². The fourth-order valence-electron chi connectivity index (χ4n) is 1.17. The molecular formula is C7H5BrN2O3S. The molecule has 0 spiro atoms. The molecule has 0 saturated heterocycles. The Bertz CT molecular complexity index is 574. The van der Waals surface area contributed by atoms with E-state index in [-0.39, 0.29) is 10.6 Å². The van der Waals surface area contributed by atoms with Gasteiger partial charge in [0, 0.05) is 4.47 Å². The number of hydrogen-bond acceptors (Lipinski definition) is 2. The molecule has 2 rings (SSSR count). The second kappa shape index (κ2) is 3.34. The fourth-order valence-corrected chi connectivity index (χ4v) is 2.37. The molecule has 1 aromatic carbocycles. The lowest BCUT2D eigenvalue weighted by atomic mass is 10.3. The molecule has 0 amide bonds. The molecule has 2 aromatic rings. The van der Waals surface area contributed by atoms with E-state index in [1.165, 1.54) is 6.07 Å². The second-order valence-corrected chi connectivity index (χ2v) is 4.45. The minimum Gasteiger partial charge on any atom is -0.306 e. The first-order valence-corrected chi connectivity index (χ1v) is 5.50. The number of imidazole rings is 1. The van der Waals surface area contributed by atoms with Gasteiger partial charge in [0.05, 0.1) is 15.9 Å². The van der Waals surface area contributed by atoms with Gasteiger partial charge in [-0.25, -0.2) is 9.00 Å². The molecule has 0 aliphatic rings. The Balaban J connectivity index is 2.82. The summed E-state index contributed by atoms with van der Waals surface area (Å²) in [4.78, 5) is 16.2. The quantitative estimate of drug-likeness (QED) is 0.684. The predicted octanol–water partition coefficient (Wildman–Crippen LogP) is 1.20. The number of H-pyrrole nitrogens is 2. The zero-order chi connectivity index (χ0) is 10.3. The number of hydrogen-bond donors (Lipinski definition) is 3. The molecule has 74 valence electrons. The van der Waals surface area contributed by atoms with Crippen LogP contribution in [0, 0.1) is 0 Å². The lowest BCUT2D eigenvalue weighted by Crippen LogP contribution is -1.99. The van der Waals surface area contributed by atoms with E-state index in [1.807, 2.05) is 0 Å². The molecular weight excluding hydrogens is 272 g/mol. The number of aromatic nitrogens is 2. The van der Waals surface area contributed by atoms with Gasteiger partial charge in [0.1, 0.15) is 0 Å². The van der Waals surface area contributed by atoms with E-state index in [9.17, 15) is 9.00 Å². The summed E-state index contributed by atoms with van der Waals surface area (Å²) in [5, 5.41) is 0. The first kappa shape index (κ1) is 9.63. The Labute approximate surface area is 88.9 Å². The van der Waals surface area contributed by atoms with Crippen molar-refractivity contribution in [2.75, 3.05) is 0 Å². The number of aromatic amines is 2. The van der Waals surface area contributed by atoms with Gasteiger partial charge in [-0.05, 0) is 28.1 Å².